The molecular weight excluding hydrogens is 306 g/mol. The number of benzene rings is 1. The highest BCUT2D eigenvalue weighted by molar-refractivity contribution is 6.22. The van der Waals surface area contributed by atoms with Gasteiger partial charge in [-0.1, -0.05) is 37.3 Å². The van der Waals surface area contributed by atoms with Gasteiger partial charge in [0.05, 0.1) is 11.9 Å². The van der Waals surface area contributed by atoms with Crippen molar-refractivity contribution in [3.8, 4) is 5.75 Å². The number of halogens is 1. The monoisotopic (exact) mass is 331 g/mol. The summed E-state index contributed by atoms with van der Waals surface area (Å²) in [5.41, 5.74) is 1.50. The van der Waals surface area contributed by atoms with Gasteiger partial charge in [0.2, 0.25) is 0 Å². The molecule has 3 heteroatoms. The van der Waals surface area contributed by atoms with Crippen LogP contribution in [0.2, 0.25) is 0 Å². The van der Waals surface area contributed by atoms with E-state index in [1.807, 2.05) is 30.3 Å². The maximum absolute atomic E-state index is 6.59. The van der Waals surface area contributed by atoms with Gasteiger partial charge in [0.1, 0.15) is 12.4 Å². The molecule has 0 aromatic heterocycles. The van der Waals surface area contributed by atoms with E-state index in [2.05, 4.69) is 43.9 Å². The molecule has 0 amide bonds. The second-order valence-electron chi connectivity index (χ2n) is 7.25. The first kappa shape index (κ1) is 16.4. The number of likely N-dealkylation sites (tertiary alicyclic amines) is 1. The van der Waals surface area contributed by atoms with Crippen LogP contribution in [0.5, 0.6) is 5.75 Å². The first-order valence-electron chi connectivity index (χ1n) is 8.47. The van der Waals surface area contributed by atoms with E-state index in [-0.39, 0.29) is 10.9 Å². The maximum atomic E-state index is 6.59. The second-order valence-corrected chi connectivity index (χ2v) is 7.76. The van der Waals surface area contributed by atoms with Gasteiger partial charge in [-0.05, 0) is 44.4 Å². The molecule has 1 heterocycles. The van der Waals surface area contributed by atoms with Gasteiger partial charge in [0, 0.05) is 17.2 Å². The first-order chi connectivity index (χ1) is 11.0. The summed E-state index contributed by atoms with van der Waals surface area (Å²) >= 11 is 6.59. The summed E-state index contributed by atoms with van der Waals surface area (Å²) < 4.78 is 5.92. The average molecular weight is 332 g/mol. The summed E-state index contributed by atoms with van der Waals surface area (Å²) in [6.45, 7) is 8.54. The predicted molar refractivity (Wildman–Crippen MR) is 96.9 cm³/mol. The van der Waals surface area contributed by atoms with Crippen molar-refractivity contribution >= 4 is 11.6 Å². The molecule has 0 radical (unpaired) electrons. The molecule has 1 aliphatic heterocycles. The van der Waals surface area contributed by atoms with Gasteiger partial charge in [0.15, 0.2) is 0 Å². The highest BCUT2D eigenvalue weighted by atomic mass is 35.5. The van der Waals surface area contributed by atoms with Crippen LogP contribution in [0.25, 0.3) is 0 Å². The third-order valence-electron chi connectivity index (χ3n) is 5.05. The summed E-state index contributed by atoms with van der Waals surface area (Å²) in [7, 11) is 0. The van der Waals surface area contributed by atoms with Crippen molar-refractivity contribution in [3.63, 3.8) is 0 Å². The van der Waals surface area contributed by atoms with E-state index in [0.29, 0.717) is 18.4 Å². The zero-order valence-corrected chi connectivity index (χ0v) is 15.0. The molecule has 124 valence electrons. The molecule has 0 saturated carbocycles. The first-order valence-corrected chi connectivity index (χ1v) is 8.90. The SMILES string of the molecule is CC1CC(C)(C)N(CCOc2ccccc2)C2=CC=CC(Cl)C21. The third kappa shape index (κ3) is 3.42. The Bertz CT molecular complexity index is 593. The zero-order chi connectivity index (χ0) is 16.4. The Morgan fingerprint density at radius 2 is 2.00 bits per heavy atom. The summed E-state index contributed by atoms with van der Waals surface area (Å²) in [5, 5.41) is 0.0960. The van der Waals surface area contributed by atoms with E-state index < -0.39 is 0 Å². The van der Waals surface area contributed by atoms with E-state index in [9.17, 15) is 0 Å². The Hall–Kier alpha value is -1.41. The molecule has 1 fully saturated rings. The number of piperidine rings is 1. The normalized spacial score (nSPS) is 29.0. The topological polar surface area (TPSA) is 12.5 Å². The summed E-state index contributed by atoms with van der Waals surface area (Å²) in [6, 6.07) is 10.0. The van der Waals surface area contributed by atoms with Gasteiger partial charge in [0.25, 0.3) is 0 Å². The van der Waals surface area contributed by atoms with E-state index in [4.69, 9.17) is 16.3 Å². The Morgan fingerprint density at radius 3 is 2.74 bits per heavy atom. The summed E-state index contributed by atoms with van der Waals surface area (Å²) in [5.74, 6) is 1.93. The van der Waals surface area contributed by atoms with Gasteiger partial charge in [-0.3, -0.25) is 0 Å². The van der Waals surface area contributed by atoms with Gasteiger partial charge in [-0.25, -0.2) is 0 Å². The highest BCUT2D eigenvalue weighted by Crippen LogP contribution is 2.45. The van der Waals surface area contributed by atoms with Gasteiger partial charge < -0.3 is 9.64 Å². The number of hydrogen-bond donors (Lipinski definition) is 0. The fourth-order valence-electron chi connectivity index (χ4n) is 4.11. The van der Waals surface area contributed by atoms with Crippen LogP contribution in [-0.4, -0.2) is 29.0 Å². The molecule has 0 bridgehead atoms. The van der Waals surface area contributed by atoms with E-state index in [1.54, 1.807) is 0 Å². The lowest BCUT2D eigenvalue weighted by Crippen LogP contribution is -2.54. The lowest BCUT2D eigenvalue weighted by Gasteiger charge is -2.53. The summed E-state index contributed by atoms with van der Waals surface area (Å²) in [6.07, 6.45) is 7.60. The molecule has 2 nitrogen and oxygen atoms in total. The van der Waals surface area contributed by atoms with Crippen LogP contribution in [0.15, 0.2) is 54.3 Å². The maximum Gasteiger partial charge on any atom is 0.119 e. The number of para-hydroxylation sites is 1. The second kappa shape index (κ2) is 6.60. The van der Waals surface area contributed by atoms with Crippen molar-refractivity contribution in [2.45, 2.75) is 38.1 Å². The lowest BCUT2D eigenvalue weighted by atomic mass is 9.72. The fraction of sp³-hybridized carbons (Fsp3) is 0.500. The number of allylic oxidation sites excluding steroid dienone is 4. The third-order valence-corrected chi connectivity index (χ3v) is 5.47. The number of rotatable bonds is 4. The minimum atomic E-state index is 0.0960. The number of alkyl halides is 1. The standard InChI is InChI=1S/C20H26ClNO/c1-15-14-20(2,3)22(18-11-7-10-17(21)19(15)18)12-13-23-16-8-5-4-6-9-16/h4-11,15,17,19H,12-14H2,1-3H3. The highest BCUT2D eigenvalue weighted by Gasteiger charge is 2.43. The predicted octanol–water partition coefficient (Wildman–Crippen LogP) is 4.86. The lowest BCUT2D eigenvalue weighted by molar-refractivity contribution is 0.0494. The van der Waals surface area contributed by atoms with Crippen LogP contribution >= 0.6 is 11.6 Å². The van der Waals surface area contributed by atoms with Gasteiger partial charge >= 0.3 is 0 Å². The smallest absolute Gasteiger partial charge is 0.119 e. The fourth-order valence-corrected chi connectivity index (χ4v) is 4.57. The number of ether oxygens (including phenoxy) is 1. The Morgan fingerprint density at radius 1 is 1.26 bits per heavy atom. The van der Waals surface area contributed by atoms with E-state index >= 15 is 0 Å². The van der Waals surface area contributed by atoms with Crippen molar-refractivity contribution < 1.29 is 4.74 Å². The van der Waals surface area contributed by atoms with Crippen LogP contribution < -0.4 is 4.74 Å². The van der Waals surface area contributed by atoms with Crippen LogP contribution in [-0.2, 0) is 0 Å². The van der Waals surface area contributed by atoms with Crippen molar-refractivity contribution in [3.05, 3.63) is 54.3 Å². The molecule has 3 rings (SSSR count). The van der Waals surface area contributed by atoms with E-state index in [1.165, 1.54) is 5.70 Å². The van der Waals surface area contributed by atoms with Crippen LogP contribution in [0.4, 0.5) is 0 Å². The van der Waals surface area contributed by atoms with Crippen LogP contribution in [0.1, 0.15) is 27.2 Å². The molecule has 1 aromatic carbocycles. The quantitative estimate of drug-likeness (QED) is 0.730. The number of nitrogens with zero attached hydrogens (tertiary/aromatic N) is 1. The largest absolute Gasteiger partial charge is 0.492 e. The molecule has 0 spiro atoms. The minimum Gasteiger partial charge on any atom is -0.492 e. The van der Waals surface area contributed by atoms with Gasteiger partial charge in [-0.15, -0.1) is 11.6 Å². The molecule has 1 aliphatic carbocycles. The molecular formula is C20H26ClNO. The summed E-state index contributed by atoms with van der Waals surface area (Å²) in [4.78, 5) is 2.50. The Labute approximate surface area is 144 Å². The van der Waals surface area contributed by atoms with Crippen molar-refractivity contribution in [2.24, 2.45) is 11.8 Å². The van der Waals surface area contributed by atoms with Crippen LogP contribution in [0, 0.1) is 11.8 Å². The molecule has 1 saturated heterocycles. The molecule has 2 aliphatic rings. The number of hydrogen-bond acceptors (Lipinski definition) is 2. The molecule has 23 heavy (non-hydrogen) atoms. The zero-order valence-electron chi connectivity index (χ0n) is 14.2. The molecule has 3 unspecified atom stereocenters. The molecule has 3 atom stereocenters. The van der Waals surface area contributed by atoms with Crippen LogP contribution in [0.3, 0.4) is 0 Å². The van der Waals surface area contributed by atoms with Gasteiger partial charge in [-0.2, -0.15) is 0 Å². The van der Waals surface area contributed by atoms with E-state index in [0.717, 1.165) is 18.7 Å². The van der Waals surface area contributed by atoms with Crippen molar-refractivity contribution in [2.75, 3.05) is 13.2 Å². The Kier molecular flexibility index (Phi) is 4.72. The Balaban J connectivity index is 1.73. The average Bonchev–Trinajstić information content (AvgIpc) is 2.50. The minimum absolute atomic E-state index is 0.0960. The number of fused-ring (bicyclic) bond motifs is 1. The van der Waals surface area contributed by atoms with Crippen molar-refractivity contribution in [1.82, 2.24) is 4.90 Å². The molecule has 0 N–H and O–H groups in total. The molecule has 1 aromatic rings. The van der Waals surface area contributed by atoms with Crippen molar-refractivity contribution in [1.29, 1.82) is 0 Å².